The molecule has 0 aliphatic carbocycles. The van der Waals surface area contributed by atoms with Crippen LogP contribution in [0.25, 0.3) is 0 Å². The summed E-state index contributed by atoms with van der Waals surface area (Å²) in [5.74, 6) is -2.37. The van der Waals surface area contributed by atoms with Crippen molar-refractivity contribution in [1.29, 1.82) is 0 Å². The van der Waals surface area contributed by atoms with Crippen molar-refractivity contribution in [2.24, 2.45) is 0 Å². The molecule has 0 spiro atoms. The monoisotopic (exact) mass is 479 g/mol. The summed E-state index contributed by atoms with van der Waals surface area (Å²) in [6.07, 6.45) is -0.247. The third-order valence-corrected chi connectivity index (χ3v) is 5.82. The van der Waals surface area contributed by atoms with Crippen molar-refractivity contribution >= 4 is 17.6 Å². The Kier molecular flexibility index (Phi) is 7.88. The van der Waals surface area contributed by atoms with Gasteiger partial charge in [-0.1, -0.05) is 13.3 Å². The van der Waals surface area contributed by atoms with Gasteiger partial charge >= 0.3 is 6.18 Å². The molecule has 2 aromatic heterocycles. The minimum Gasteiger partial charge on any atom is -0.311 e. The first-order valence-corrected chi connectivity index (χ1v) is 11.0. The molecule has 2 aromatic rings. The molecule has 1 aliphatic heterocycles. The minimum absolute atomic E-state index is 0.0672. The van der Waals surface area contributed by atoms with Crippen LogP contribution < -0.4 is 10.8 Å². The highest BCUT2D eigenvalue weighted by atomic mass is 19.4. The van der Waals surface area contributed by atoms with E-state index in [9.17, 15) is 22.8 Å². The second kappa shape index (κ2) is 10.5. The van der Waals surface area contributed by atoms with Crippen LogP contribution in [-0.2, 0) is 9.63 Å². The van der Waals surface area contributed by atoms with Crippen LogP contribution in [0.5, 0.6) is 0 Å². The Morgan fingerprint density at radius 1 is 1.18 bits per heavy atom. The highest BCUT2D eigenvalue weighted by molar-refractivity contribution is 5.93. The number of carbonyl (C=O) groups excluding carboxylic acids is 2. The lowest BCUT2D eigenvalue weighted by Gasteiger charge is -2.48. The van der Waals surface area contributed by atoms with Gasteiger partial charge in [0, 0.05) is 44.0 Å². The number of aryl methyl sites for hydroxylation is 1. The van der Waals surface area contributed by atoms with Gasteiger partial charge in [-0.15, -0.1) is 0 Å². The highest BCUT2D eigenvalue weighted by Crippen LogP contribution is 2.47. The van der Waals surface area contributed by atoms with E-state index in [0.29, 0.717) is 18.5 Å². The maximum Gasteiger partial charge on any atom is 0.434 e. The van der Waals surface area contributed by atoms with Crippen LogP contribution in [0.2, 0.25) is 0 Å². The zero-order valence-corrected chi connectivity index (χ0v) is 19.3. The molecule has 184 valence electrons. The number of hydroxylamine groups is 1. The number of nitrogens with one attached hydrogen (secondary N) is 2. The summed E-state index contributed by atoms with van der Waals surface area (Å²) in [5.41, 5.74) is -0.0659. The lowest BCUT2D eigenvalue weighted by Crippen LogP contribution is -2.66. The summed E-state index contributed by atoms with van der Waals surface area (Å²) < 4.78 is 44.8. The van der Waals surface area contributed by atoms with Crippen LogP contribution in [0.1, 0.15) is 60.6 Å². The molecule has 1 aliphatic rings. The van der Waals surface area contributed by atoms with Gasteiger partial charge in [0.15, 0.2) is 0 Å². The van der Waals surface area contributed by atoms with Gasteiger partial charge in [-0.25, -0.2) is 15.3 Å². The van der Waals surface area contributed by atoms with E-state index in [1.54, 1.807) is 6.92 Å². The average Bonchev–Trinajstić information content (AvgIpc) is 2.78. The lowest BCUT2D eigenvalue weighted by atomic mass is 9.86. The Hall–Kier alpha value is -3.05. The van der Waals surface area contributed by atoms with Crippen molar-refractivity contribution in [2.75, 3.05) is 18.4 Å². The van der Waals surface area contributed by atoms with E-state index in [2.05, 4.69) is 15.3 Å². The van der Waals surface area contributed by atoms with E-state index in [4.69, 9.17) is 4.84 Å². The van der Waals surface area contributed by atoms with Crippen molar-refractivity contribution in [3.8, 4) is 0 Å². The molecule has 0 saturated carbocycles. The van der Waals surface area contributed by atoms with Gasteiger partial charge < -0.3 is 5.32 Å². The van der Waals surface area contributed by atoms with Crippen LogP contribution in [0.3, 0.4) is 0 Å². The number of amides is 2. The Morgan fingerprint density at radius 3 is 2.47 bits per heavy atom. The number of piperidine rings is 1. The molecule has 1 fully saturated rings. The molecular formula is C23H28F3N5O3. The number of nitrogens with zero attached hydrogens (tertiary/aromatic N) is 3. The topological polar surface area (TPSA) is 96.5 Å². The van der Waals surface area contributed by atoms with Crippen molar-refractivity contribution < 1.29 is 27.6 Å². The second-order valence-electron chi connectivity index (χ2n) is 8.35. The Morgan fingerprint density at radius 2 is 1.88 bits per heavy atom. The number of pyridine rings is 2. The number of carbonyl (C=O) groups is 2. The lowest BCUT2D eigenvalue weighted by molar-refractivity contribution is -0.355. The number of anilines is 1. The normalized spacial score (nSPS) is 17.5. The molecule has 3 rings (SSSR count). The summed E-state index contributed by atoms with van der Waals surface area (Å²) in [6.45, 7) is 4.61. The molecular weight excluding hydrogens is 451 g/mol. The Bertz CT molecular complexity index is 1010. The van der Waals surface area contributed by atoms with Gasteiger partial charge in [-0.05, 0) is 49.6 Å². The van der Waals surface area contributed by atoms with Gasteiger partial charge in [0.2, 0.25) is 5.91 Å². The van der Waals surface area contributed by atoms with Crippen molar-refractivity contribution in [1.82, 2.24) is 20.3 Å². The largest absolute Gasteiger partial charge is 0.434 e. The smallest absolute Gasteiger partial charge is 0.311 e. The van der Waals surface area contributed by atoms with Gasteiger partial charge in [0.1, 0.15) is 5.82 Å². The first-order chi connectivity index (χ1) is 16.0. The SMILES string of the molecule is CC(=O)Nc1cc(C(C)C(ONC(=O)c2cccnc2)(N2CCCCC2)C(F)(F)F)cc(C)n1. The van der Waals surface area contributed by atoms with Crippen LogP contribution in [0.15, 0.2) is 36.7 Å². The minimum atomic E-state index is -4.88. The van der Waals surface area contributed by atoms with Crippen LogP contribution in [0, 0.1) is 6.92 Å². The third kappa shape index (κ3) is 5.53. The highest BCUT2D eigenvalue weighted by Gasteiger charge is 2.64. The molecule has 2 amide bonds. The Labute approximate surface area is 195 Å². The number of rotatable bonds is 7. The number of halogens is 3. The zero-order chi connectivity index (χ0) is 24.9. The summed E-state index contributed by atoms with van der Waals surface area (Å²) in [5, 5.41) is 2.52. The predicted molar refractivity (Wildman–Crippen MR) is 119 cm³/mol. The maximum absolute atomic E-state index is 14.9. The molecule has 1 saturated heterocycles. The molecule has 11 heteroatoms. The predicted octanol–water partition coefficient (Wildman–Crippen LogP) is 3.95. The molecule has 2 N–H and O–H groups in total. The molecule has 0 bridgehead atoms. The summed E-state index contributed by atoms with van der Waals surface area (Å²) >= 11 is 0. The van der Waals surface area contributed by atoms with E-state index < -0.39 is 29.6 Å². The first kappa shape index (κ1) is 25.6. The van der Waals surface area contributed by atoms with Crippen molar-refractivity contribution in [3.05, 3.63) is 53.5 Å². The van der Waals surface area contributed by atoms with Crippen molar-refractivity contribution in [2.45, 2.75) is 57.9 Å². The van der Waals surface area contributed by atoms with E-state index in [-0.39, 0.29) is 30.0 Å². The van der Waals surface area contributed by atoms with E-state index in [0.717, 1.165) is 6.42 Å². The number of alkyl halides is 3. The third-order valence-electron chi connectivity index (χ3n) is 5.82. The van der Waals surface area contributed by atoms with Gasteiger partial charge in [0.05, 0.1) is 5.56 Å². The summed E-state index contributed by atoms with van der Waals surface area (Å²) in [4.78, 5) is 38.7. The zero-order valence-electron chi connectivity index (χ0n) is 19.3. The summed E-state index contributed by atoms with van der Waals surface area (Å²) in [7, 11) is 0. The van der Waals surface area contributed by atoms with Crippen LogP contribution in [0.4, 0.5) is 19.0 Å². The first-order valence-electron chi connectivity index (χ1n) is 11.0. The quantitative estimate of drug-likeness (QED) is 0.584. The fraction of sp³-hybridized carbons (Fsp3) is 0.478. The maximum atomic E-state index is 14.9. The molecule has 8 nitrogen and oxygen atoms in total. The van der Waals surface area contributed by atoms with Crippen LogP contribution >= 0.6 is 0 Å². The molecule has 2 atom stereocenters. The van der Waals surface area contributed by atoms with E-state index in [1.165, 1.54) is 55.4 Å². The number of likely N-dealkylation sites (tertiary alicyclic amines) is 1. The Balaban J connectivity index is 2.05. The molecule has 2 unspecified atom stereocenters. The molecule has 3 heterocycles. The number of aromatic nitrogens is 2. The van der Waals surface area contributed by atoms with Gasteiger partial charge in [-0.2, -0.15) is 13.2 Å². The fourth-order valence-corrected chi connectivity index (χ4v) is 4.23. The summed E-state index contributed by atoms with van der Waals surface area (Å²) in [6, 6.07) is 5.85. The molecule has 0 radical (unpaired) electrons. The number of hydrogen-bond donors (Lipinski definition) is 2. The second-order valence-corrected chi connectivity index (χ2v) is 8.35. The standard InChI is InChI=1S/C23H28F3N5O3/c1-15-12-19(13-20(28-15)29-17(3)32)16(2)22(23(24,25)26,31-10-5-4-6-11-31)34-30-21(33)18-8-7-9-27-14-18/h7-9,12-14,16H,4-6,10-11H2,1-3H3,(H,30,33)(H,28,29,32). The van der Waals surface area contributed by atoms with E-state index in [1.807, 2.05) is 5.48 Å². The van der Waals surface area contributed by atoms with Gasteiger partial charge in [0.25, 0.3) is 11.6 Å². The fourth-order valence-electron chi connectivity index (χ4n) is 4.23. The average molecular weight is 480 g/mol. The van der Waals surface area contributed by atoms with Crippen molar-refractivity contribution in [3.63, 3.8) is 0 Å². The van der Waals surface area contributed by atoms with Crippen LogP contribution in [-0.4, -0.2) is 51.7 Å². The number of hydrogen-bond acceptors (Lipinski definition) is 6. The van der Waals surface area contributed by atoms with E-state index >= 15 is 0 Å². The molecule has 34 heavy (non-hydrogen) atoms. The molecule has 0 aromatic carbocycles. The van der Waals surface area contributed by atoms with Gasteiger partial charge in [-0.3, -0.25) is 19.5 Å².